The number of aliphatic hydroxyl groups is 1. The highest BCUT2D eigenvalue weighted by Gasteiger charge is 2.46. The van der Waals surface area contributed by atoms with Crippen LogP contribution < -0.4 is 4.74 Å². The number of Topliss-reactive ketones (excluding diaryl/α,β-unsaturated/α-hetero) is 1. The van der Waals surface area contributed by atoms with E-state index >= 15 is 0 Å². The fraction of sp³-hybridized carbons (Fsp3) is 0.231. The Labute approximate surface area is 196 Å². The predicted octanol–water partition coefficient (Wildman–Crippen LogP) is 4.70. The van der Waals surface area contributed by atoms with Gasteiger partial charge in [-0.05, 0) is 48.2 Å². The summed E-state index contributed by atoms with van der Waals surface area (Å²) in [6.07, 6.45) is 0. The fourth-order valence-electron chi connectivity index (χ4n) is 3.88. The molecule has 3 aromatic rings. The van der Waals surface area contributed by atoms with Gasteiger partial charge in [0.25, 0.3) is 11.7 Å². The second kappa shape index (κ2) is 10.0. The number of methoxy groups -OCH3 is 1. The molecule has 1 atom stereocenters. The van der Waals surface area contributed by atoms with Crippen LogP contribution >= 0.6 is 11.3 Å². The van der Waals surface area contributed by atoms with Gasteiger partial charge >= 0.3 is 0 Å². The van der Waals surface area contributed by atoms with Crippen molar-refractivity contribution in [1.82, 2.24) is 4.90 Å². The van der Waals surface area contributed by atoms with Crippen LogP contribution in [0.2, 0.25) is 0 Å². The van der Waals surface area contributed by atoms with Crippen LogP contribution in [0.3, 0.4) is 0 Å². The lowest BCUT2D eigenvalue weighted by molar-refractivity contribution is -0.140. The average molecular weight is 464 g/mol. The lowest BCUT2D eigenvalue weighted by Gasteiger charge is -2.23. The molecule has 0 bridgehead atoms. The van der Waals surface area contributed by atoms with Gasteiger partial charge in [0.2, 0.25) is 0 Å². The Hall–Kier alpha value is -3.42. The van der Waals surface area contributed by atoms with E-state index in [9.17, 15) is 14.7 Å². The summed E-state index contributed by atoms with van der Waals surface area (Å²) in [6, 6.07) is 18.0. The van der Waals surface area contributed by atoms with Gasteiger partial charge in [-0.25, -0.2) is 0 Å². The maximum absolute atomic E-state index is 12.9. The number of ketones is 1. The van der Waals surface area contributed by atoms with Gasteiger partial charge in [-0.3, -0.25) is 9.59 Å². The molecule has 2 aromatic carbocycles. The van der Waals surface area contributed by atoms with E-state index in [-0.39, 0.29) is 17.9 Å². The Morgan fingerprint density at radius 1 is 1.09 bits per heavy atom. The molecule has 1 aromatic heterocycles. The number of hydrogen-bond acceptors (Lipinski definition) is 6. The summed E-state index contributed by atoms with van der Waals surface area (Å²) in [4.78, 5) is 27.9. The van der Waals surface area contributed by atoms with E-state index in [1.54, 1.807) is 31.4 Å². The summed E-state index contributed by atoms with van der Waals surface area (Å²) in [5.41, 5.74) is 2.77. The molecule has 0 aliphatic carbocycles. The summed E-state index contributed by atoms with van der Waals surface area (Å²) in [6.45, 7) is 3.01. The number of carbonyl (C=O) groups excluding carboxylic acids is 2. The molecule has 1 saturated heterocycles. The highest BCUT2D eigenvalue weighted by Crippen LogP contribution is 2.41. The van der Waals surface area contributed by atoms with Gasteiger partial charge in [-0.1, -0.05) is 35.9 Å². The first kappa shape index (κ1) is 22.8. The van der Waals surface area contributed by atoms with E-state index in [2.05, 4.69) is 6.07 Å². The number of likely N-dealkylation sites (tertiary alicyclic amines) is 1. The normalized spacial score (nSPS) is 17.5. The molecule has 1 aliphatic heterocycles. The Morgan fingerprint density at radius 2 is 1.88 bits per heavy atom. The molecule has 7 heteroatoms. The van der Waals surface area contributed by atoms with Gasteiger partial charge in [0.1, 0.15) is 18.1 Å². The fourth-order valence-corrected chi connectivity index (χ4v) is 4.72. The van der Waals surface area contributed by atoms with E-state index in [0.29, 0.717) is 24.5 Å². The third kappa shape index (κ3) is 4.84. The quantitative estimate of drug-likeness (QED) is 0.298. The summed E-state index contributed by atoms with van der Waals surface area (Å²) in [5.74, 6) is -0.882. The van der Waals surface area contributed by atoms with Crippen molar-refractivity contribution in [3.8, 4) is 5.75 Å². The third-order valence-corrected chi connectivity index (χ3v) is 6.43. The van der Waals surface area contributed by atoms with Crippen molar-refractivity contribution >= 4 is 28.8 Å². The Morgan fingerprint density at radius 3 is 2.55 bits per heavy atom. The molecule has 1 N–H and O–H groups in total. The van der Waals surface area contributed by atoms with Crippen LogP contribution in [0.25, 0.3) is 5.76 Å². The zero-order valence-corrected chi connectivity index (χ0v) is 19.3. The number of ether oxygens (including phenoxy) is 2. The highest BCUT2D eigenvalue weighted by atomic mass is 32.1. The molecule has 0 radical (unpaired) electrons. The molecule has 1 aliphatic rings. The lowest BCUT2D eigenvalue weighted by atomic mass is 10.00. The molecule has 1 fully saturated rings. The van der Waals surface area contributed by atoms with Crippen molar-refractivity contribution in [2.75, 3.05) is 20.3 Å². The average Bonchev–Trinajstić information content (AvgIpc) is 3.43. The summed E-state index contributed by atoms with van der Waals surface area (Å²) < 4.78 is 11.0. The molecule has 1 amide bonds. The van der Waals surface area contributed by atoms with Gasteiger partial charge in [0, 0.05) is 24.1 Å². The number of aliphatic hydroxyl groups excluding tert-OH is 1. The van der Waals surface area contributed by atoms with Crippen LogP contribution in [0.5, 0.6) is 5.75 Å². The maximum Gasteiger partial charge on any atom is 0.295 e. The number of amides is 1. The second-order valence-electron chi connectivity index (χ2n) is 7.80. The van der Waals surface area contributed by atoms with Crippen molar-refractivity contribution < 1.29 is 24.2 Å². The zero-order chi connectivity index (χ0) is 23.4. The molecular weight excluding hydrogens is 438 g/mol. The molecule has 4 rings (SSSR count). The van der Waals surface area contributed by atoms with Crippen LogP contribution in [-0.4, -0.2) is 42.0 Å². The highest BCUT2D eigenvalue weighted by molar-refractivity contribution is 7.10. The first-order valence-electron chi connectivity index (χ1n) is 10.6. The van der Waals surface area contributed by atoms with Gasteiger partial charge in [0.15, 0.2) is 0 Å². The van der Waals surface area contributed by atoms with Crippen molar-refractivity contribution in [1.29, 1.82) is 0 Å². The Kier molecular flexibility index (Phi) is 6.91. The van der Waals surface area contributed by atoms with Gasteiger partial charge < -0.3 is 19.5 Å². The van der Waals surface area contributed by atoms with E-state index in [0.717, 1.165) is 10.4 Å². The number of thiophene rings is 1. The van der Waals surface area contributed by atoms with Crippen LogP contribution in [-0.2, 0) is 20.9 Å². The summed E-state index contributed by atoms with van der Waals surface area (Å²) in [7, 11) is 1.54. The van der Waals surface area contributed by atoms with E-state index < -0.39 is 17.7 Å². The van der Waals surface area contributed by atoms with Crippen molar-refractivity contribution in [3.63, 3.8) is 0 Å². The molecule has 170 valence electrons. The third-order valence-electron chi connectivity index (χ3n) is 5.50. The van der Waals surface area contributed by atoms with Gasteiger partial charge in [-0.15, -0.1) is 11.3 Å². The SMILES string of the molecule is COCCN1C(=O)C(=O)/C(=C(/O)c2ccc(OCc3cccc(C)c3)cc2)C1c1cccs1. The summed E-state index contributed by atoms with van der Waals surface area (Å²) in [5, 5.41) is 12.9. The number of aryl methyl sites for hydroxylation is 1. The van der Waals surface area contributed by atoms with Crippen molar-refractivity contribution in [2.45, 2.75) is 19.6 Å². The van der Waals surface area contributed by atoms with Crippen LogP contribution in [0.1, 0.15) is 27.6 Å². The van der Waals surface area contributed by atoms with Crippen molar-refractivity contribution in [3.05, 3.63) is 93.2 Å². The zero-order valence-electron chi connectivity index (χ0n) is 18.5. The molecule has 1 unspecified atom stereocenters. The molecule has 0 saturated carbocycles. The predicted molar refractivity (Wildman–Crippen MR) is 127 cm³/mol. The number of benzene rings is 2. The van der Waals surface area contributed by atoms with Crippen LogP contribution in [0.4, 0.5) is 0 Å². The molecular formula is C26H25NO5S. The Bertz CT molecular complexity index is 1170. The lowest BCUT2D eigenvalue weighted by Crippen LogP contribution is -2.32. The minimum absolute atomic E-state index is 0.0898. The first-order chi connectivity index (χ1) is 16.0. The largest absolute Gasteiger partial charge is 0.507 e. The molecule has 0 spiro atoms. The molecule has 33 heavy (non-hydrogen) atoms. The van der Waals surface area contributed by atoms with Gasteiger partial charge in [0.05, 0.1) is 18.2 Å². The minimum atomic E-state index is -0.693. The molecule has 2 heterocycles. The van der Waals surface area contributed by atoms with E-state index in [4.69, 9.17) is 9.47 Å². The van der Waals surface area contributed by atoms with E-state index in [1.807, 2.05) is 42.6 Å². The minimum Gasteiger partial charge on any atom is -0.507 e. The second-order valence-corrected chi connectivity index (χ2v) is 8.78. The Balaban J connectivity index is 1.60. The maximum atomic E-state index is 12.9. The van der Waals surface area contributed by atoms with Crippen LogP contribution in [0, 0.1) is 6.92 Å². The van der Waals surface area contributed by atoms with Crippen molar-refractivity contribution in [2.24, 2.45) is 0 Å². The van der Waals surface area contributed by atoms with Crippen LogP contribution in [0.15, 0.2) is 71.6 Å². The number of carbonyl (C=O) groups is 2. The first-order valence-corrected chi connectivity index (χ1v) is 11.5. The number of rotatable bonds is 8. The van der Waals surface area contributed by atoms with E-state index in [1.165, 1.54) is 21.8 Å². The number of hydrogen-bond donors (Lipinski definition) is 1. The molecule has 6 nitrogen and oxygen atoms in total. The topological polar surface area (TPSA) is 76.1 Å². The number of nitrogens with zero attached hydrogens (tertiary/aromatic N) is 1. The summed E-state index contributed by atoms with van der Waals surface area (Å²) >= 11 is 1.43. The van der Waals surface area contributed by atoms with Gasteiger partial charge in [-0.2, -0.15) is 0 Å². The smallest absolute Gasteiger partial charge is 0.295 e. The monoisotopic (exact) mass is 463 g/mol. The standard InChI is InChI=1S/C26H25NO5S/c1-17-5-3-6-18(15-17)16-32-20-10-8-19(9-11-20)24(28)22-23(21-7-4-14-33-21)27(12-13-31-2)26(30)25(22)29/h3-11,14-15,23,28H,12-13,16H2,1-2H3/b24-22+.